The van der Waals surface area contributed by atoms with Crippen molar-refractivity contribution >= 4 is 11.6 Å². The molecular weight excluding hydrogens is 336 g/mol. The van der Waals surface area contributed by atoms with Crippen LogP contribution in [0.4, 0.5) is 11.6 Å². The normalized spacial score (nSPS) is 10.4. The number of nitrogens with one attached hydrogen (secondary N) is 2. The summed E-state index contributed by atoms with van der Waals surface area (Å²) in [5.41, 5.74) is 2.08. The number of ether oxygens (including phenoxy) is 1. The molecule has 0 aliphatic carbocycles. The van der Waals surface area contributed by atoms with E-state index in [4.69, 9.17) is 9.72 Å². The zero-order valence-electron chi connectivity index (χ0n) is 15.9. The van der Waals surface area contributed by atoms with Gasteiger partial charge in [0.25, 0.3) is 0 Å². The van der Waals surface area contributed by atoms with Gasteiger partial charge in [0.1, 0.15) is 17.4 Å². The van der Waals surface area contributed by atoms with Gasteiger partial charge in [0, 0.05) is 30.3 Å². The fourth-order valence-corrected chi connectivity index (χ4v) is 2.77. The number of unbranched alkanes of at least 4 members (excludes halogenated alkanes) is 1. The van der Waals surface area contributed by atoms with Gasteiger partial charge in [-0.3, -0.25) is 0 Å². The third-order valence-electron chi connectivity index (χ3n) is 4.25. The van der Waals surface area contributed by atoms with Crippen molar-refractivity contribution in [2.75, 3.05) is 24.3 Å². The predicted octanol–water partition coefficient (Wildman–Crippen LogP) is 4.98. The number of benzene rings is 2. The predicted molar refractivity (Wildman–Crippen MR) is 111 cm³/mol. The summed E-state index contributed by atoms with van der Waals surface area (Å²) in [6, 6.07) is 20.0. The van der Waals surface area contributed by atoms with Gasteiger partial charge in [-0.15, -0.1) is 0 Å². The van der Waals surface area contributed by atoms with Crippen LogP contribution in [-0.4, -0.2) is 23.6 Å². The quantitative estimate of drug-likeness (QED) is 0.526. The second kappa shape index (κ2) is 9.57. The molecule has 2 aromatic carbocycles. The number of nitrogens with zero attached hydrogens (tertiary/aromatic N) is 2. The van der Waals surface area contributed by atoms with E-state index in [0.29, 0.717) is 12.4 Å². The highest BCUT2D eigenvalue weighted by Gasteiger charge is 2.08. The van der Waals surface area contributed by atoms with Crippen molar-refractivity contribution in [1.82, 2.24) is 9.97 Å². The minimum absolute atomic E-state index is 0.629. The van der Waals surface area contributed by atoms with Crippen LogP contribution >= 0.6 is 0 Å². The van der Waals surface area contributed by atoms with E-state index in [0.717, 1.165) is 47.9 Å². The summed E-state index contributed by atoms with van der Waals surface area (Å²) >= 11 is 0. The summed E-state index contributed by atoms with van der Waals surface area (Å²) in [7, 11) is 1.69. The molecule has 27 heavy (non-hydrogen) atoms. The summed E-state index contributed by atoms with van der Waals surface area (Å²) in [6.45, 7) is 3.70. The molecule has 0 aliphatic heterocycles. The average Bonchev–Trinajstić information content (AvgIpc) is 2.73. The first-order valence-corrected chi connectivity index (χ1v) is 9.34. The van der Waals surface area contributed by atoms with Crippen molar-refractivity contribution in [3.8, 4) is 17.1 Å². The first-order valence-electron chi connectivity index (χ1n) is 9.34. The van der Waals surface area contributed by atoms with Gasteiger partial charge in [-0.2, -0.15) is 0 Å². The Morgan fingerprint density at radius 3 is 2.33 bits per heavy atom. The average molecular weight is 362 g/mol. The van der Waals surface area contributed by atoms with E-state index in [2.05, 4.69) is 22.5 Å². The highest BCUT2D eigenvalue weighted by atomic mass is 16.5. The van der Waals surface area contributed by atoms with Gasteiger partial charge in [0.05, 0.1) is 7.11 Å². The topological polar surface area (TPSA) is 59.1 Å². The minimum Gasteiger partial charge on any atom is -0.496 e. The molecule has 0 atom stereocenters. The maximum atomic E-state index is 5.43. The minimum atomic E-state index is 0.629. The summed E-state index contributed by atoms with van der Waals surface area (Å²) in [5.74, 6) is 3.19. The van der Waals surface area contributed by atoms with Crippen LogP contribution in [0.15, 0.2) is 60.7 Å². The lowest BCUT2D eigenvalue weighted by atomic mass is 10.2. The molecular formula is C22H26N4O. The van der Waals surface area contributed by atoms with Gasteiger partial charge in [0.15, 0.2) is 5.82 Å². The van der Waals surface area contributed by atoms with Crippen LogP contribution in [0.5, 0.6) is 5.75 Å². The van der Waals surface area contributed by atoms with Gasteiger partial charge >= 0.3 is 0 Å². The number of hydrogen-bond acceptors (Lipinski definition) is 5. The Morgan fingerprint density at radius 2 is 1.59 bits per heavy atom. The van der Waals surface area contributed by atoms with Gasteiger partial charge in [-0.25, -0.2) is 9.97 Å². The first kappa shape index (κ1) is 18.7. The van der Waals surface area contributed by atoms with Crippen LogP contribution in [0, 0.1) is 0 Å². The van der Waals surface area contributed by atoms with E-state index >= 15 is 0 Å². The Hall–Kier alpha value is -3.08. The van der Waals surface area contributed by atoms with Crippen molar-refractivity contribution in [2.45, 2.75) is 26.3 Å². The first-order chi connectivity index (χ1) is 13.3. The molecule has 1 heterocycles. The molecule has 0 aliphatic rings. The summed E-state index contributed by atoms with van der Waals surface area (Å²) in [4.78, 5) is 9.38. The monoisotopic (exact) mass is 362 g/mol. The molecule has 0 bridgehead atoms. The third kappa shape index (κ3) is 5.20. The van der Waals surface area contributed by atoms with Crippen LogP contribution in [0.3, 0.4) is 0 Å². The molecule has 2 N–H and O–H groups in total. The Balaban J connectivity index is 1.83. The molecule has 0 saturated heterocycles. The Kier molecular flexibility index (Phi) is 6.63. The fourth-order valence-electron chi connectivity index (χ4n) is 2.77. The smallest absolute Gasteiger partial charge is 0.163 e. The number of rotatable bonds is 9. The van der Waals surface area contributed by atoms with E-state index in [1.807, 2.05) is 60.7 Å². The lowest BCUT2D eigenvalue weighted by molar-refractivity contribution is 0.410. The molecule has 5 nitrogen and oxygen atoms in total. The molecule has 0 spiro atoms. The maximum Gasteiger partial charge on any atom is 0.163 e. The van der Waals surface area contributed by atoms with Crippen LogP contribution in [0.1, 0.15) is 25.3 Å². The highest BCUT2D eigenvalue weighted by molar-refractivity contribution is 5.61. The lowest BCUT2D eigenvalue weighted by Gasteiger charge is -2.13. The van der Waals surface area contributed by atoms with Crippen molar-refractivity contribution in [3.63, 3.8) is 0 Å². The molecule has 0 amide bonds. The van der Waals surface area contributed by atoms with E-state index in [1.54, 1.807) is 7.11 Å². The van der Waals surface area contributed by atoms with Gasteiger partial charge < -0.3 is 15.4 Å². The zero-order valence-corrected chi connectivity index (χ0v) is 15.9. The SMILES string of the molecule is CCCCNc1cc(NCc2ccccc2OC)nc(-c2ccccc2)n1. The molecule has 0 radical (unpaired) electrons. The van der Waals surface area contributed by atoms with E-state index in [1.165, 1.54) is 0 Å². The van der Waals surface area contributed by atoms with Crippen LogP contribution < -0.4 is 15.4 Å². The second-order valence-electron chi connectivity index (χ2n) is 6.27. The van der Waals surface area contributed by atoms with Crippen LogP contribution in [-0.2, 0) is 6.54 Å². The van der Waals surface area contributed by atoms with E-state index in [-0.39, 0.29) is 0 Å². The van der Waals surface area contributed by atoms with Crippen molar-refractivity contribution in [1.29, 1.82) is 0 Å². The lowest BCUT2D eigenvalue weighted by Crippen LogP contribution is -2.08. The van der Waals surface area contributed by atoms with Gasteiger partial charge in [-0.1, -0.05) is 61.9 Å². The molecule has 5 heteroatoms. The molecule has 3 rings (SSSR count). The van der Waals surface area contributed by atoms with Crippen LogP contribution in [0.25, 0.3) is 11.4 Å². The van der Waals surface area contributed by atoms with Gasteiger partial charge in [-0.05, 0) is 12.5 Å². The Bertz CT molecular complexity index is 852. The van der Waals surface area contributed by atoms with E-state index < -0.39 is 0 Å². The zero-order chi connectivity index (χ0) is 18.9. The number of hydrogen-bond donors (Lipinski definition) is 2. The van der Waals surface area contributed by atoms with Crippen LogP contribution in [0.2, 0.25) is 0 Å². The van der Waals surface area contributed by atoms with Crippen molar-refractivity contribution in [2.24, 2.45) is 0 Å². The number of methoxy groups -OCH3 is 1. The Labute approximate surface area is 160 Å². The number of anilines is 2. The Morgan fingerprint density at radius 1 is 0.889 bits per heavy atom. The van der Waals surface area contributed by atoms with Crippen molar-refractivity contribution < 1.29 is 4.74 Å². The molecule has 0 fully saturated rings. The molecule has 0 unspecified atom stereocenters. The van der Waals surface area contributed by atoms with E-state index in [9.17, 15) is 0 Å². The summed E-state index contributed by atoms with van der Waals surface area (Å²) in [5, 5.41) is 6.81. The fraction of sp³-hybridized carbons (Fsp3) is 0.273. The number of para-hydroxylation sites is 1. The summed E-state index contributed by atoms with van der Waals surface area (Å²) < 4.78 is 5.43. The molecule has 0 saturated carbocycles. The molecule has 140 valence electrons. The third-order valence-corrected chi connectivity index (χ3v) is 4.25. The highest BCUT2D eigenvalue weighted by Crippen LogP contribution is 2.22. The van der Waals surface area contributed by atoms with Crippen molar-refractivity contribution in [3.05, 3.63) is 66.2 Å². The maximum absolute atomic E-state index is 5.43. The summed E-state index contributed by atoms with van der Waals surface area (Å²) in [6.07, 6.45) is 2.25. The second-order valence-corrected chi connectivity index (χ2v) is 6.27. The largest absolute Gasteiger partial charge is 0.496 e. The molecule has 1 aromatic heterocycles. The standard InChI is InChI=1S/C22H26N4O/c1-3-4-14-23-20-15-21(24-16-18-12-8-9-13-19(18)27-2)26-22(25-20)17-10-6-5-7-11-17/h5-13,15H,3-4,14,16H2,1-2H3,(H2,23,24,25,26). The molecule has 3 aromatic rings. The van der Waals surface area contributed by atoms with Gasteiger partial charge in [0.2, 0.25) is 0 Å². The number of aromatic nitrogens is 2.